The number of hydrogen-bond donors (Lipinski definition) is 2. The minimum atomic E-state index is -0.0378. The van der Waals surface area contributed by atoms with Crippen LogP contribution in [0.15, 0.2) is 24.3 Å². The second kappa shape index (κ2) is 6.37. The molecule has 1 atom stereocenters. The molecule has 4 nitrogen and oxygen atoms in total. The third-order valence-corrected chi connectivity index (χ3v) is 3.32. The highest BCUT2D eigenvalue weighted by Crippen LogP contribution is 2.19. The van der Waals surface area contributed by atoms with Crippen LogP contribution in [0.25, 0.3) is 0 Å². The van der Waals surface area contributed by atoms with Crippen molar-refractivity contribution in [2.45, 2.75) is 18.9 Å². The Labute approximate surface area is 113 Å². The van der Waals surface area contributed by atoms with Gasteiger partial charge in [-0.3, -0.25) is 4.79 Å². The average Bonchev–Trinajstić information content (AvgIpc) is 2.93. The van der Waals surface area contributed by atoms with Gasteiger partial charge in [0, 0.05) is 17.7 Å². The number of amides is 1. The summed E-state index contributed by atoms with van der Waals surface area (Å²) in [5.41, 5.74) is 6.80. The predicted octanol–water partition coefficient (Wildman–Crippen LogP) is 0.594. The van der Waals surface area contributed by atoms with Crippen molar-refractivity contribution in [3.8, 4) is 11.8 Å². The Morgan fingerprint density at radius 3 is 2.79 bits per heavy atom. The molecule has 19 heavy (non-hydrogen) atoms. The van der Waals surface area contributed by atoms with Crippen molar-refractivity contribution in [3.63, 3.8) is 0 Å². The molecule has 1 aromatic rings. The van der Waals surface area contributed by atoms with Crippen LogP contribution in [-0.4, -0.2) is 41.7 Å². The molecule has 4 heteroatoms. The van der Waals surface area contributed by atoms with E-state index in [1.54, 1.807) is 17.0 Å². The number of nitrogens with two attached hydrogens (primary N) is 1. The van der Waals surface area contributed by atoms with Crippen LogP contribution in [0, 0.1) is 11.8 Å². The molecule has 1 aliphatic heterocycles. The minimum absolute atomic E-state index is 0.0186. The van der Waals surface area contributed by atoms with Crippen molar-refractivity contribution in [3.05, 3.63) is 35.4 Å². The molecule has 3 N–H and O–H groups in total. The van der Waals surface area contributed by atoms with Gasteiger partial charge in [0.15, 0.2) is 0 Å². The van der Waals surface area contributed by atoms with Crippen molar-refractivity contribution in [1.82, 2.24) is 4.90 Å². The first-order valence-corrected chi connectivity index (χ1v) is 6.47. The zero-order valence-electron chi connectivity index (χ0n) is 10.8. The molecule has 1 aromatic carbocycles. The van der Waals surface area contributed by atoms with E-state index in [0.717, 1.165) is 24.9 Å². The summed E-state index contributed by atoms with van der Waals surface area (Å²) in [6.45, 7) is 1.08. The molecule has 0 aromatic heterocycles. The highest BCUT2D eigenvalue weighted by atomic mass is 16.3. The van der Waals surface area contributed by atoms with Crippen LogP contribution < -0.4 is 5.73 Å². The van der Waals surface area contributed by atoms with Crippen LogP contribution in [0.5, 0.6) is 0 Å². The highest BCUT2D eigenvalue weighted by Gasteiger charge is 2.28. The molecule has 0 radical (unpaired) electrons. The summed E-state index contributed by atoms with van der Waals surface area (Å²) >= 11 is 0. The lowest BCUT2D eigenvalue weighted by Gasteiger charge is -2.23. The van der Waals surface area contributed by atoms with Gasteiger partial charge in [0.2, 0.25) is 0 Å². The van der Waals surface area contributed by atoms with Crippen molar-refractivity contribution in [1.29, 1.82) is 0 Å². The van der Waals surface area contributed by atoms with E-state index in [1.165, 1.54) is 0 Å². The van der Waals surface area contributed by atoms with Crippen LogP contribution >= 0.6 is 0 Å². The summed E-state index contributed by atoms with van der Waals surface area (Å²) in [6.07, 6.45) is 1.83. The summed E-state index contributed by atoms with van der Waals surface area (Å²) in [6, 6.07) is 7.15. The van der Waals surface area contributed by atoms with Crippen molar-refractivity contribution in [2.24, 2.45) is 5.73 Å². The average molecular weight is 258 g/mol. The summed E-state index contributed by atoms with van der Waals surface area (Å²) in [5.74, 6) is 5.68. The van der Waals surface area contributed by atoms with E-state index in [9.17, 15) is 9.90 Å². The topological polar surface area (TPSA) is 66.6 Å². The molecule has 0 aliphatic carbocycles. The second-order valence-electron chi connectivity index (χ2n) is 4.56. The van der Waals surface area contributed by atoms with Gasteiger partial charge >= 0.3 is 0 Å². The largest absolute Gasteiger partial charge is 0.394 e. The third-order valence-electron chi connectivity index (χ3n) is 3.32. The number of hydrogen-bond acceptors (Lipinski definition) is 3. The minimum Gasteiger partial charge on any atom is -0.394 e. The molecule has 2 rings (SSSR count). The number of likely N-dealkylation sites (tertiary alicyclic amines) is 1. The standard InChI is InChI=1S/C15H18N2O2/c16-9-1-3-12-5-7-13(8-6-12)15(19)17-10-2-4-14(17)11-18/h5-8,14,18H,2,4,9-11,16H2. The molecule has 1 unspecified atom stereocenters. The van der Waals surface area contributed by atoms with Crippen molar-refractivity contribution in [2.75, 3.05) is 19.7 Å². The first kappa shape index (κ1) is 13.6. The fourth-order valence-corrected chi connectivity index (χ4v) is 2.31. The number of carbonyl (C=O) groups excluding carboxylic acids is 1. The lowest BCUT2D eigenvalue weighted by Crippen LogP contribution is -2.37. The van der Waals surface area contributed by atoms with Gasteiger partial charge in [-0.25, -0.2) is 0 Å². The zero-order valence-corrected chi connectivity index (χ0v) is 10.8. The summed E-state index contributed by atoms with van der Waals surface area (Å²) in [5, 5.41) is 9.25. The van der Waals surface area contributed by atoms with Gasteiger partial charge in [0.25, 0.3) is 5.91 Å². The van der Waals surface area contributed by atoms with E-state index in [0.29, 0.717) is 12.1 Å². The fraction of sp³-hybridized carbons (Fsp3) is 0.400. The number of carbonyl (C=O) groups is 1. The molecule has 0 spiro atoms. The lowest BCUT2D eigenvalue weighted by molar-refractivity contribution is 0.0677. The van der Waals surface area contributed by atoms with Crippen LogP contribution in [0.2, 0.25) is 0 Å². The number of nitrogens with zero attached hydrogens (tertiary/aromatic N) is 1. The van der Waals surface area contributed by atoms with Crippen LogP contribution in [-0.2, 0) is 0 Å². The van der Waals surface area contributed by atoms with E-state index in [1.807, 2.05) is 12.1 Å². The Morgan fingerprint density at radius 1 is 1.42 bits per heavy atom. The number of aliphatic hydroxyl groups excluding tert-OH is 1. The molecule has 1 amide bonds. The summed E-state index contributed by atoms with van der Waals surface area (Å²) in [7, 11) is 0. The smallest absolute Gasteiger partial charge is 0.254 e. The van der Waals surface area contributed by atoms with Crippen molar-refractivity contribution >= 4 is 5.91 Å². The number of aliphatic hydroxyl groups is 1. The highest BCUT2D eigenvalue weighted by molar-refractivity contribution is 5.94. The van der Waals surface area contributed by atoms with E-state index in [-0.39, 0.29) is 18.6 Å². The second-order valence-corrected chi connectivity index (χ2v) is 4.56. The number of benzene rings is 1. The van der Waals surface area contributed by atoms with Gasteiger partial charge in [-0.05, 0) is 37.1 Å². The molecule has 100 valence electrons. The maximum Gasteiger partial charge on any atom is 0.254 e. The zero-order chi connectivity index (χ0) is 13.7. The van der Waals surface area contributed by atoms with Crippen molar-refractivity contribution < 1.29 is 9.90 Å². The molecule has 0 bridgehead atoms. The van der Waals surface area contributed by atoms with Gasteiger partial charge in [0.05, 0.1) is 19.2 Å². The van der Waals surface area contributed by atoms with E-state index >= 15 is 0 Å². The van der Waals surface area contributed by atoms with Crippen LogP contribution in [0.3, 0.4) is 0 Å². The molecule has 1 fully saturated rings. The SMILES string of the molecule is NCC#Cc1ccc(C(=O)N2CCCC2CO)cc1. The van der Waals surface area contributed by atoms with E-state index < -0.39 is 0 Å². The molecule has 1 heterocycles. The van der Waals surface area contributed by atoms with E-state index in [2.05, 4.69) is 11.8 Å². The Balaban J connectivity index is 2.11. The van der Waals surface area contributed by atoms with Gasteiger partial charge in [0.1, 0.15) is 0 Å². The van der Waals surface area contributed by atoms with Gasteiger partial charge in [-0.15, -0.1) is 0 Å². The Hall–Kier alpha value is -1.83. The van der Waals surface area contributed by atoms with Gasteiger partial charge < -0.3 is 15.7 Å². The maximum absolute atomic E-state index is 12.3. The first-order valence-electron chi connectivity index (χ1n) is 6.47. The first-order chi connectivity index (χ1) is 9.26. The van der Waals surface area contributed by atoms with Crippen LogP contribution in [0.4, 0.5) is 0 Å². The van der Waals surface area contributed by atoms with E-state index in [4.69, 9.17) is 5.73 Å². The molecule has 1 aliphatic rings. The monoisotopic (exact) mass is 258 g/mol. The predicted molar refractivity (Wildman–Crippen MR) is 73.5 cm³/mol. The Bertz CT molecular complexity index is 499. The quantitative estimate of drug-likeness (QED) is 0.763. The summed E-state index contributed by atoms with van der Waals surface area (Å²) in [4.78, 5) is 14.1. The number of rotatable bonds is 2. The Morgan fingerprint density at radius 2 is 2.16 bits per heavy atom. The molecule has 1 saturated heterocycles. The van der Waals surface area contributed by atoms with Crippen LogP contribution in [0.1, 0.15) is 28.8 Å². The molecular weight excluding hydrogens is 240 g/mol. The van der Waals surface area contributed by atoms with Gasteiger partial charge in [-0.1, -0.05) is 11.8 Å². The summed E-state index contributed by atoms with van der Waals surface area (Å²) < 4.78 is 0. The van der Waals surface area contributed by atoms with Gasteiger partial charge in [-0.2, -0.15) is 0 Å². The lowest BCUT2D eigenvalue weighted by atomic mass is 10.1. The fourth-order valence-electron chi connectivity index (χ4n) is 2.31. The Kier molecular flexibility index (Phi) is 4.56. The molecule has 0 saturated carbocycles. The molecular formula is C15H18N2O2. The third kappa shape index (κ3) is 3.14. The normalized spacial score (nSPS) is 18.0. The maximum atomic E-state index is 12.3.